The number of aliphatic hydroxyl groups excluding tert-OH is 5. The van der Waals surface area contributed by atoms with Gasteiger partial charge in [-0.15, -0.1) is 0 Å². The van der Waals surface area contributed by atoms with Crippen LogP contribution in [0.25, 0.3) is 6.08 Å². The van der Waals surface area contributed by atoms with Crippen molar-refractivity contribution in [1.29, 1.82) is 0 Å². The minimum atomic E-state index is -1.53. The number of benzene rings is 1. The summed E-state index contributed by atoms with van der Waals surface area (Å²) in [4.78, 5) is 34.7. The van der Waals surface area contributed by atoms with E-state index in [9.17, 15) is 35.1 Å². The summed E-state index contributed by atoms with van der Waals surface area (Å²) >= 11 is 0. The van der Waals surface area contributed by atoms with Gasteiger partial charge < -0.3 is 54.5 Å². The molecule has 0 aromatic heterocycles. The molecular formula is C38H56N2O13. The average Bonchev–Trinajstić information content (AvgIpc) is 3.71. The lowest BCUT2D eigenvalue weighted by Gasteiger charge is -2.48. The van der Waals surface area contributed by atoms with Gasteiger partial charge in [-0.1, -0.05) is 75.9 Å². The fraction of sp³-hybridized carbons (Fsp3) is 0.737. The number of carbonyl (C=O) groups is 2. The topological polar surface area (TPSA) is 206 Å². The van der Waals surface area contributed by atoms with E-state index in [-0.39, 0.29) is 32.7 Å². The van der Waals surface area contributed by atoms with Crippen LogP contribution in [0.5, 0.6) is 0 Å². The fourth-order valence-electron chi connectivity index (χ4n) is 8.55. The maximum absolute atomic E-state index is 14.2. The molecule has 0 unspecified atom stereocenters. The first-order valence-corrected chi connectivity index (χ1v) is 19.2. The summed E-state index contributed by atoms with van der Waals surface area (Å²) < 4.78 is 30.7. The fourth-order valence-corrected chi connectivity index (χ4v) is 8.55. The molecular weight excluding hydrogens is 692 g/mol. The van der Waals surface area contributed by atoms with Gasteiger partial charge in [0.15, 0.2) is 18.1 Å². The quantitative estimate of drug-likeness (QED) is 0.0918. The van der Waals surface area contributed by atoms with Crippen LogP contribution in [0, 0.1) is 5.41 Å². The SMILES string of the molecule is CCCCCC1(CCCCC)O[C@@H]2[C@H](O1)[C@H]1ON(Cc3cccc(C=CCO[C@H]4O[C@H](CO)[C@H](O)[C@H](O)[C@H]4O)c3)[C@H]3C(=O)O[C@@H]2C[C@@]13C(=O)NCCO. The number of hydrogen-bond donors (Lipinski definition) is 6. The van der Waals surface area contributed by atoms with E-state index in [1.807, 2.05) is 24.3 Å². The second kappa shape index (κ2) is 17.5. The summed E-state index contributed by atoms with van der Waals surface area (Å²) in [6.45, 7) is 3.65. The number of fused-ring (bicyclic) bond motifs is 4. The molecule has 11 atom stereocenters. The van der Waals surface area contributed by atoms with Gasteiger partial charge in [0.25, 0.3) is 0 Å². The zero-order chi connectivity index (χ0) is 37.8. The number of ether oxygens (including phenoxy) is 5. The molecule has 1 aliphatic carbocycles. The van der Waals surface area contributed by atoms with Crippen molar-refractivity contribution in [1.82, 2.24) is 10.4 Å². The zero-order valence-corrected chi connectivity index (χ0v) is 30.6. The lowest BCUT2D eigenvalue weighted by Crippen LogP contribution is -2.69. The molecule has 15 heteroatoms. The highest BCUT2D eigenvalue weighted by molar-refractivity contribution is 5.93. The Kier molecular flexibility index (Phi) is 13.3. The van der Waals surface area contributed by atoms with Crippen molar-refractivity contribution in [3.8, 4) is 0 Å². The normalized spacial score (nSPS) is 36.1. The van der Waals surface area contributed by atoms with E-state index in [0.29, 0.717) is 12.8 Å². The number of esters is 1. The van der Waals surface area contributed by atoms with Gasteiger partial charge in [0.05, 0.1) is 26.4 Å². The maximum atomic E-state index is 14.2. The van der Waals surface area contributed by atoms with Crippen molar-refractivity contribution in [2.45, 2.75) is 145 Å². The van der Waals surface area contributed by atoms with Crippen LogP contribution in [0.4, 0.5) is 0 Å². The first-order valence-electron chi connectivity index (χ1n) is 19.2. The molecule has 5 fully saturated rings. The molecule has 5 aliphatic rings. The molecule has 0 spiro atoms. The molecule has 296 valence electrons. The Morgan fingerprint density at radius 2 is 1.75 bits per heavy atom. The van der Waals surface area contributed by atoms with E-state index >= 15 is 0 Å². The van der Waals surface area contributed by atoms with Crippen LogP contribution >= 0.6 is 0 Å². The molecule has 6 N–H and O–H groups in total. The Hall–Kier alpha value is -2.54. The van der Waals surface area contributed by atoms with Gasteiger partial charge in [-0.05, 0) is 24.0 Å². The number of aliphatic hydroxyl groups is 5. The van der Waals surface area contributed by atoms with Crippen LogP contribution in [-0.4, -0.2) is 136 Å². The molecule has 1 amide bonds. The third-order valence-electron chi connectivity index (χ3n) is 11.2. The van der Waals surface area contributed by atoms with Crippen molar-refractivity contribution >= 4 is 18.0 Å². The van der Waals surface area contributed by atoms with Crippen molar-refractivity contribution in [2.75, 3.05) is 26.4 Å². The standard InChI is InChI=1S/C38H56N2O13/c1-3-5-7-14-37(15-8-6-4-2)51-30-25-20-38(36(47)39-16-17-41)32(34(46)49-25)40(53-33(38)31(30)52-37)21-24-12-9-11-23(19-24)13-10-18-48-35-29(45)28(44)27(43)26(22-42)50-35/h9-13,19,25-33,35,41-45H,3-8,14-18,20-22H2,1-2H3,(H,39,47)/t25-,26-,27+,28+,29-,30+,31+,32+,33-,35+,38+/m1/s1. The second-order valence-electron chi connectivity index (χ2n) is 14.9. The van der Waals surface area contributed by atoms with Gasteiger partial charge in [0, 0.05) is 25.8 Å². The highest BCUT2D eigenvalue weighted by Gasteiger charge is 2.76. The average molecular weight is 749 g/mol. The van der Waals surface area contributed by atoms with Crippen LogP contribution in [0.15, 0.2) is 30.3 Å². The van der Waals surface area contributed by atoms with Crippen molar-refractivity contribution in [2.24, 2.45) is 5.41 Å². The van der Waals surface area contributed by atoms with Crippen molar-refractivity contribution in [3.05, 3.63) is 41.5 Å². The van der Waals surface area contributed by atoms with Gasteiger partial charge in [-0.25, -0.2) is 0 Å². The molecule has 1 aromatic rings. The predicted molar refractivity (Wildman–Crippen MR) is 187 cm³/mol. The summed E-state index contributed by atoms with van der Waals surface area (Å²) in [7, 11) is 0. The van der Waals surface area contributed by atoms with E-state index in [0.717, 1.165) is 49.7 Å². The van der Waals surface area contributed by atoms with Gasteiger partial charge >= 0.3 is 5.97 Å². The van der Waals surface area contributed by atoms with E-state index in [1.165, 1.54) is 5.06 Å². The van der Waals surface area contributed by atoms with E-state index < -0.39 is 90.8 Å². The molecule has 4 heterocycles. The summed E-state index contributed by atoms with van der Waals surface area (Å²) in [5.41, 5.74) is 0.242. The zero-order valence-electron chi connectivity index (χ0n) is 30.6. The third kappa shape index (κ3) is 8.07. The number of nitrogens with one attached hydrogen (secondary N) is 1. The third-order valence-corrected chi connectivity index (χ3v) is 11.2. The Morgan fingerprint density at radius 1 is 1.02 bits per heavy atom. The van der Waals surface area contributed by atoms with Gasteiger partial charge in [0.2, 0.25) is 5.91 Å². The summed E-state index contributed by atoms with van der Waals surface area (Å²) in [6.07, 6.45) is 1.42. The van der Waals surface area contributed by atoms with Crippen LogP contribution in [0.2, 0.25) is 0 Å². The van der Waals surface area contributed by atoms with E-state index in [1.54, 1.807) is 12.2 Å². The number of rotatable bonds is 18. The molecule has 1 aromatic carbocycles. The highest BCUT2D eigenvalue weighted by atomic mass is 16.8. The highest BCUT2D eigenvalue weighted by Crippen LogP contribution is 2.58. The van der Waals surface area contributed by atoms with Gasteiger partial charge in [-0.2, -0.15) is 5.06 Å². The molecule has 6 rings (SSSR count). The summed E-state index contributed by atoms with van der Waals surface area (Å²) in [6, 6.07) is 6.43. The largest absolute Gasteiger partial charge is 0.458 e. The van der Waals surface area contributed by atoms with Crippen LogP contribution in [0.1, 0.15) is 82.8 Å². The predicted octanol–water partition coefficient (Wildman–Crippen LogP) is 1.07. The Balaban J connectivity index is 1.20. The molecule has 15 nitrogen and oxygen atoms in total. The lowest BCUT2D eigenvalue weighted by atomic mass is 9.62. The smallest absolute Gasteiger partial charge is 0.327 e. The Bertz CT molecular complexity index is 1420. The second-order valence-corrected chi connectivity index (χ2v) is 14.9. The number of amides is 1. The number of hydroxylamine groups is 2. The number of unbranched alkanes of at least 4 members (excludes halogenated alkanes) is 4. The molecule has 4 aliphatic heterocycles. The maximum Gasteiger partial charge on any atom is 0.327 e. The minimum absolute atomic E-state index is 0.00655. The van der Waals surface area contributed by atoms with E-state index in [2.05, 4.69) is 19.2 Å². The molecule has 1 saturated carbocycles. The molecule has 4 saturated heterocycles. The Labute approximate surface area is 310 Å². The first kappa shape index (κ1) is 40.1. The number of nitrogens with zero attached hydrogens (tertiary/aromatic N) is 1. The molecule has 0 radical (unpaired) electrons. The Morgan fingerprint density at radius 3 is 2.45 bits per heavy atom. The van der Waals surface area contributed by atoms with Gasteiger partial charge in [-0.3, -0.25) is 14.4 Å². The summed E-state index contributed by atoms with van der Waals surface area (Å²) in [5, 5.41) is 53.6. The number of hydrogen-bond acceptors (Lipinski definition) is 14. The van der Waals surface area contributed by atoms with Crippen LogP contribution < -0.4 is 5.32 Å². The molecule has 2 bridgehead atoms. The minimum Gasteiger partial charge on any atom is -0.458 e. The van der Waals surface area contributed by atoms with Crippen molar-refractivity contribution in [3.63, 3.8) is 0 Å². The van der Waals surface area contributed by atoms with Gasteiger partial charge in [0.1, 0.15) is 54.2 Å². The lowest BCUT2D eigenvalue weighted by molar-refractivity contribution is -0.298. The van der Waals surface area contributed by atoms with Crippen LogP contribution in [-0.2, 0) is 44.7 Å². The first-order chi connectivity index (χ1) is 25.6. The monoisotopic (exact) mass is 748 g/mol. The molecule has 53 heavy (non-hydrogen) atoms. The summed E-state index contributed by atoms with van der Waals surface area (Å²) in [5.74, 6) is -1.83. The van der Waals surface area contributed by atoms with Crippen molar-refractivity contribution < 1.29 is 63.6 Å². The van der Waals surface area contributed by atoms with E-state index in [4.69, 9.17) is 28.5 Å². The number of carbonyl (C=O) groups excluding carboxylic acids is 2. The van der Waals surface area contributed by atoms with Crippen LogP contribution in [0.3, 0.4) is 0 Å².